The molecule has 4 nitrogen and oxygen atoms in total. The van der Waals surface area contributed by atoms with Gasteiger partial charge in [-0.2, -0.15) is 0 Å². The molecular formula is C21H22N2O2S. The third-order valence-electron chi connectivity index (χ3n) is 3.95. The molecule has 1 atom stereocenters. The van der Waals surface area contributed by atoms with Crippen molar-refractivity contribution in [2.24, 2.45) is 4.99 Å². The molecule has 2 aromatic rings. The van der Waals surface area contributed by atoms with E-state index in [1.807, 2.05) is 74.5 Å². The smallest absolute Gasteiger partial charge is 0.337 e. The number of hydrogen-bond acceptors (Lipinski definition) is 4. The Bertz CT molecular complexity index is 816. The summed E-state index contributed by atoms with van der Waals surface area (Å²) in [5, 5.41) is 4.00. The van der Waals surface area contributed by atoms with Crippen molar-refractivity contribution in [3.05, 3.63) is 77.4 Å². The molecule has 134 valence electrons. The molecule has 0 bridgehead atoms. The number of aliphatic imine (C=N–C) groups is 1. The Morgan fingerprint density at radius 1 is 1.08 bits per heavy atom. The number of rotatable bonds is 5. The summed E-state index contributed by atoms with van der Waals surface area (Å²) in [6.07, 6.45) is 0. The quantitative estimate of drug-likeness (QED) is 0.796. The lowest BCUT2D eigenvalue weighted by molar-refractivity contribution is -0.138. The van der Waals surface area contributed by atoms with Gasteiger partial charge in [0.2, 0.25) is 0 Å². The van der Waals surface area contributed by atoms with Crippen LogP contribution >= 0.6 is 11.8 Å². The molecule has 3 rings (SSSR count). The van der Waals surface area contributed by atoms with Crippen molar-refractivity contribution in [3.8, 4) is 0 Å². The number of benzene rings is 2. The van der Waals surface area contributed by atoms with Crippen LogP contribution in [0.1, 0.15) is 30.2 Å². The standard InChI is InChI=1S/C21H22N2O2S/c1-3-22-21-23-18(15-11-7-5-8-12-15)17(20(24)25-4-2)19(26-21)16-13-9-6-10-14-16/h5-14,19H,3-4H2,1-2H3,(H,22,23). The molecule has 0 amide bonds. The van der Waals surface area contributed by atoms with E-state index in [2.05, 4.69) is 10.3 Å². The zero-order valence-electron chi connectivity index (χ0n) is 14.9. The second kappa shape index (κ2) is 8.72. The molecule has 0 spiro atoms. The monoisotopic (exact) mass is 366 g/mol. The fraction of sp³-hybridized carbons (Fsp3) is 0.238. The van der Waals surface area contributed by atoms with E-state index in [1.165, 1.54) is 0 Å². The molecule has 2 aromatic carbocycles. The SMILES string of the molecule is CCN=C1NC(c2ccccc2)=C(C(=O)OCC)C(c2ccccc2)S1. The highest BCUT2D eigenvalue weighted by molar-refractivity contribution is 8.14. The van der Waals surface area contributed by atoms with E-state index < -0.39 is 0 Å². The fourth-order valence-corrected chi connectivity index (χ4v) is 4.05. The zero-order valence-corrected chi connectivity index (χ0v) is 15.8. The van der Waals surface area contributed by atoms with Crippen LogP contribution < -0.4 is 5.32 Å². The topological polar surface area (TPSA) is 50.7 Å². The average Bonchev–Trinajstić information content (AvgIpc) is 2.69. The summed E-state index contributed by atoms with van der Waals surface area (Å²) in [5.41, 5.74) is 3.40. The van der Waals surface area contributed by atoms with Crippen LogP contribution in [0.5, 0.6) is 0 Å². The molecule has 0 saturated carbocycles. The van der Waals surface area contributed by atoms with Gasteiger partial charge in [-0.05, 0) is 25.0 Å². The van der Waals surface area contributed by atoms with Gasteiger partial charge in [0.1, 0.15) is 0 Å². The third-order valence-corrected chi connectivity index (χ3v) is 5.15. The Balaban J connectivity index is 2.19. The predicted octanol–water partition coefficient (Wildman–Crippen LogP) is 4.41. The predicted molar refractivity (Wildman–Crippen MR) is 108 cm³/mol. The Morgan fingerprint density at radius 2 is 1.73 bits per heavy atom. The van der Waals surface area contributed by atoms with Crippen molar-refractivity contribution in [1.82, 2.24) is 5.32 Å². The third kappa shape index (κ3) is 3.99. The van der Waals surface area contributed by atoms with Gasteiger partial charge < -0.3 is 10.1 Å². The van der Waals surface area contributed by atoms with E-state index in [-0.39, 0.29) is 11.2 Å². The number of nitrogens with zero attached hydrogens (tertiary/aromatic N) is 1. The van der Waals surface area contributed by atoms with Gasteiger partial charge in [0, 0.05) is 6.54 Å². The number of amidine groups is 1. The maximum Gasteiger partial charge on any atom is 0.337 e. The van der Waals surface area contributed by atoms with Crippen molar-refractivity contribution in [3.63, 3.8) is 0 Å². The number of ether oxygens (including phenoxy) is 1. The molecule has 1 aliphatic rings. The average molecular weight is 366 g/mol. The van der Waals surface area contributed by atoms with E-state index >= 15 is 0 Å². The molecule has 1 N–H and O–H groups in total. The Hall–Kier alpha value is -2.53. The van der Waals surface area contributed by atoms with Crippen LogP contribution in [0.15, 0.2) is 71.2 Å². The normalized spacial score (nSPS) is 18.5. The maximum atomic E-state index is 12.9. The lowest BCUT2D eigenvalue weighted by atomic mass is 9.98. The summed E-state index contributed by atoms with van der Waals surface area (Å²) < 4.78 is 5.39. The number of carbonyl (C=O) groups is 1. The van der Waals surface area contributed by atoms with Crippen LogP contribution in [-0.4, -0.2) is 24.3 Å². The maximum absolute atomic E-state index is 12.9. The molecule has 5 heteroatoms. The number of thioether (sulfide) groups is 1. The lowest BCUT2D eigenvalue weighted by Gasteiger charge is -2.29. The number of carbonyl (C=O) groups excluding carboxylic acids is 1. The van der Waals surface area contributed by atoms with Gasteiger partial charge >= 0.3 is 5.97 Å². The number of hydrogen-bond donors (Lipinski definition) is 1. The van der Waals surface area contributed by atoms with Crippen molar-refractivity contribution < 1.29 is 9.53 Å². The highest BCUT2D eigenvalue weighted by Gasteiger charge is 2.34. The highest BCUT2D eigenvalue weighted by atomic mass is 32.2. The van der Waals surface area contributed by atoms with Gasteiger partial charge in [0.15, 0.2) is 5.17 Å². The summed E-state index contributed by atoms with van der Waals surface area (Å²) in [6, 6.07) is 19.9. The first kappa shape index (κ1) is 18.3. The summed E-state index contributed by atoms with van der Waals surface area (Å²) in [7, 11) is 0. The van der Waals surface area contributed by atoms with Crippen LogP contribution in [0.4, 0.5) is 0 Å². The first-order valence-electron chi connectivity index (χ1n) is 8.74. The van der Waals surface area contributed by atoms with Crippen LogP contribution in [0.25, 0.3) is 5.70 Å². The Labute approximate surface area is 158 Å². The summed E-state index contributed by atoms with van der Waals surface area (Å²) in [6.45, 7) is 4.84. The van der Waals surface area contributed by atoms with Crippen molar-refractivity contribution in [1.29, 1.82) is 0 Å². The molecule has 1 aliphatic heterocycles. The van der Waals surface area contributed by atoms with Gasteiger partial charge in [-0.25, -0.2) is 4.79 Å². The number of nitrogens with one attached hydrogen (secondary N) is 1. The van der Waals surface area contributed by atoms with Crippen molar-refractivity contribution >= 4 is 28.6 Å². The van der Waals surface area contributed by atoms with E-state index in [0.717, 1.165) is 22.0 Å². The van der Waals surface area contributed by atoms with Gasteiger partial charge in [-0.1, -0.05) is 72.4 Å². The summed E-state index contributed by atoms with van der Waals surface area (Å²) >= 11 is 1.55. The van der Waals surface area contributed by atoms with E-state index in [9.17, 15) is 4.79 Å². The minimum absolute atomic E-state index is 0.169. The Morgan fingerprint density at radius 3 is 2.35 bits per heavy atom. The van der Waals surface area contributed by atoms with E-state index in [1.54, 1.807) is 11.8 Å². The lowest BCUT2D eigenvalue weighted by Crippen LogP contribution is -2.31. The van der Waals surface area contributed by atoms with Crippen molar-refractivity contribution in [2.45, 2.75) is 19.1 Å². The van der Waals surface area contributed by atoms with Gasteiger partial charge in [0.05, 0.1) is 23.1 Å². The van der Waals surface area contributed by atoms with Gasteiger partial charge in [0.25, 0.3) is 0 Å². The highest BCUT2D eigenvalue weighted by Crippen LogP contribution is 2.43. The molecule has 1 unspecified atom stereocenters. The van der Waals surface area contributed by atoms with Crippen LogP contribution in [0, 0.1) is 0 Å². The van der Waals surface area contributed by atoms with Crippen LogP contribution in [0.2, 0.25) is 0 Å². The Kier molecular flexibility index (Phi) is 6.12. The first-order valence-corrected chi connectivity index (χ1v) is 9.62. The molecule has 0 aromatic heterocycles. The molecule has 1 heterocycles. The second-order valence-corrected chi connectivity index (χ2v) is 6.78. The molecular weight excluding hydrogens is 344 g/mol. The molecule has 0 radical (unpaired) electrons. The molecule has 0 fully saturated rings. The summed E-state index contributed by atoms with van der Waals surface area (Å²) in [4.78, 5) is 17.4. The van der Waals surface area contributed by atoms with E-state index in [0.29, 0.717) is 18.7 Å². The minimum Gasteiger partial charge on any atom is -0.463 e. The van der Waals surface area contributed by atoms with Crippen LogP contribution in [0.3, 0.4) is 0 Å². The largest absolute Gasteiger partial charge is 0.463 e. The van der Waals surface area contributed by atoms with E-state index in [4.69, 9.17) is 4.74 Å². The van der Waals surface area contributed by atoms with Crippen LogP contribution in [-0.2, 0) is 9.53 Å². The van der Waals surface area contributed by atoms with Gasteiger partial charge in [-0.3, -0.25) is 4.99 Å². The zero-order chi connectivity index (χ0) is 18.4. The minimum atomic E-state index is -0.296. The molecule has 0 aliphatic carbocycles. The number of esters is 1. The first-order chi connectivity index (χ1) is 12.7. The second-order valence-electron chi connectivity index (χ2n) is 5.69. The molecule has 0 saturated heterocycles. The fourth-order valence-electron chi connectivity index (χ4n) is 2.84. The van der Waals surface area contributed by atoms with Crippen molar-refractivity contribution in [2.75, 3.05) is 13.2 Å². The molecule has 26 heavy (non-hydrogen) atoms. The summed E-state index contributed by atoms with van der Waals surface area (Å²) in [5.74, 6) is -0.296. The van der Waals surface area contributed by atoms with Gasteiger partial charge in [-0.15, -0.1) is 0 Å².